The van der Waals surface area contributed by atoms with E-state index in [2.05, 4.69) is 5.32 Å². The molecule has 0 unspecified atom stereocenters. The molecule has 2 nitrogen and oxygen atoms in total. The molecular formula is C16H20FNO. The molecule has 0 bridgehead atoms. The van der Waals surface area contributed by atoms with E-state index in [1.165, 1.54) is 31.7 Å². The SMILES string of the molecule is Cc1ccc(F)c(C(=O)NCC(C2CC2)C2CC2)c1. The van der Waals surface area contributed by atoms with Crippen molar-refractivity contribution >= 4 is 5.91 Å². The summed E-state index contributed by atoms with van der Waals surface area (Å²) in [6.45, 7) is 2.58. The highest BCUT2D eigenvalue weighted by Crippen LogP contribution is 2.48. The average Bonchev–Trinajstić information content (AvgIpc) is 3.25. The fraction of sp³-hybridized carbons (Fsp3) is 0.562. The van der Waals surface area contributed by atoms with Gasteiger partial charge in [0.25, 0.3) is 5.91 Å². The van der Waals surface area contributed by atoms with Gasteiger partial charge >= 0.3 is 0 Å². The maximum atomic E-state index is 13.6. The molecule has 0 heterocycles. The third-order valence-corrected chi connectivity index (χ3v) is 4.32. The summed E-state index contributed by atoms with van der Waals surface area (Å²) in [4.78, 5) is 12.1. The van der Waals surface area contributed by atoms with Crippen molar-refractivity contribution in [2.24, 2.45) is 17.8 Å². The summed E-state index contributed by atoms with van der Waals surface area (Å²) in [5.41, 5.74) is 1.08. The van der Waals surface area contributed by atoms with Crippen LogP contribution in [0.3, 0.4) is 0 Å². The van der Waals surface area contributed by atoms with Crippen LogP contribution in [-0.2, 0) is 0 Å². The third-order valence-electron chi connectivity index (χ3n) is 4.32. The van der Waals surface area contributed by atoms with E-state index >= 15 is 0 Å². The van der Waals surface area contributed by atoms with Crippen LogP contribution < -0.4 is 5.32 Å². The molecule has 2 aliphatic rings. The lowest BCUT2D eigenvalue weighted by Crippen LogP contribution is -2.31. The zero-order valence-electron chi connectivity index (χ0n) is 11.3. The van der Waals surface area contributed by atoms with Crippen molar-refractivity contribution in [2.75, 3.05) is 6.54 Å². The van der Waals surface area contributed by atoms with Crippen molar-refractivity contribution in [3.63, 3.8) is 0 Å². The van der Waals surface area contributed by atoms with Gasteiger partial charge in [0.2, 0.25) is 0 Å². The van der Waals surface area contributed by atoms with E-state index in [-0.39, 0.29) is 11.5 Å². The Morgan fingerprint density at radius 1 is 1.32 bits per heavy atom. The first kappa shape index (κ1) is 12.6. The van der Waals surface area contributed by atoms with Crippen LogP contribution in [0.1, 0.15) is 41.6 Å². The van der Waals surface area contributed by atoms with Gasteiger partial charge in [-0.2, -0.15) is 0 Å². The predicted molar refractivity (Wildman–Crippen MR) is 72.4 cm³/mol. The Morgan fingerprint density at radius 3 is 2.53 bits per heavy atom. The highest BCUT2D eigenvalue weighted by molar-refractivity contribution is 5.94. The van der Waals surface area contributed by atoms with Crippen LogP contribution in [0.2, 0.25) is 0 Å². The normalized spacial score (nSPS) is 18.7. The van der Waals surface area contributed by atoms with Crippen LogP contribution in [0.25, 0.3) is 0 Å². The van der Waals surface area contributed by atoms with Crippen molar-refractivity contribution in [1.82, 2.24) is 5.32 Å². The number of carbonyl (C=O) groups is 1. The first-order chi connectivity index (χ1) is 9.15. The topological polar surface area (TPSA) is 29.1 Å². The van der Waals surface area contributed by atoms with Crippen molar-refractivity contribution in [3.05, 3.63) is 35.1 Å². The molecule has 19 heavy (non-hydrogen) atoms. The summed E-state index contributed by atoms with van der Waals surface area (Å²) in [6.07, 6.45) is 5.21. The molecule has 0 aromatic heterocycles. The number of aryl methyl sites for hydroxylation is 1. The third kappa shape index (κ3) is 2.96. The molecule has 3 rings (SSSR count). The van der Waals surface area contributed by atoms with Crippen LogP contribution in [0.5, 0.6) is 0 Å². The van der Waals surface area contributed by atoms with E-state index in [9.17, 15) is 9.18 Å². The Morgan fingerprint density at radius 2 is 1.95 bits per heavy atom. The monoisotopic (exact) mass is 261 g/mol. The van der Waals surface area contributed by atoms with Gasteiger partial charge < -0.3 is 5.32 Å². The molecular weight excluding hydrogens is 241 g/mol. The van der Waals surface area contributed by atoms with Gasteiger partial charge in [0.15, 0.2) is 0 Å². The predicted octanol–water partition coefficient (Wildman–Crippen LogP) is 3.30. The molecule has 3 heteroatoms. The summed E-state index contributed by atoms with van der Waals surface area (Å²) in [6, 6.07) is 4.67. The van der Waals surface area contributed by atoms with Crippen LogP contribution in [0.15, 0.2) is 18.2 Å². The summed E-state index contributed by atoms with van der Waals surface area (Å²) in [5.74, 6) is 1.52. The van der Waals surface area contributed by atoms with E-state index < -0.39 is 5.82 Å². The Balaban J connectivity index is 1.62. The maximum Gasteiger partial charge on any atom is 0.254 e. The second-order valence-electron chi connectivity index (χ2n) is 6.03. The van der Waals surface area contributed by atoms with Crippen molar-refractivity contribution in [3.8, 4) is 0 Å². The number of benzene rings is 1. The van der Waals surface area contributed by atoms with Crippen LogP contribution in [0, 0.1) is 30.5 Å². The maximum absolute atomic E-state index is 13.6. The number of carbonyl (C=O) groups excluding carboxylic acids is 1. The number of nitrogens with one attached hydrogen (secondary N) is 1. The van der Waals surface area contributed by atoms with E-state index in [0.717, 1.165) is 17.4 Å². The molecule has 0 radical (unpaired) electrons. The lowest BCUT2D eigenvalue weighted by molar-refractivity contribution is 0.0939. The lowest BCUT2D eigenvalue weighted by atomic mass is 9.98. The zero-order valence-corrected chi connectivity index (χ0v) is 11.3. The average molecular weight is 261 g/mol. The molecule has 2 aliphatic carbocycles. The molecule has 0 saturated heterocycles. The Labute approximate surface area is 113 Å². The first-order valence-electron chi connectivity index (χ1n) is 7.19. The second-order valence-corrected chi connectivity index (χ2v) is 6.03. The quantitative estimate of drug-likeness (QED) is 0.865. The van der Waals surface area contributed by atoms with Gasteiger partial charge in [0.1, 0.15) is 5.82 Å². The first-order valence-corrected chi connectivity index (χ1v) is 7.19. The van der Waals surface area contributed by atoms with E-state index in [0.29, 0.717) is 12.5 Å². The minimum atomic E-state index is -0.433. The Kier molecular flexibility index (Phi) is 3.29. The number of amides is 1. The molecule has 1 N–H and O–H groups in total. The molecule has 2 saturated carbocycles. The van der Waals surface area contributed by atoms with Gasteiger partial charge in [-0.15, -0.1) is 0 Å². The number of hydrogen-bond acceptors (Lipinski definition) is 1. The largest absolute Gasteiger partial charge is 0.352 e. The van der Waals surface area contributed by atoms with Crippen LogP contribution in [0.4, 0.5) is 4.39 Å². The molecule has 0 atom stereocenters. The molecule has 0 aliphatic heterocycles. The minimum Gasteiger partial charge on any atom is -0.352 e. The van der Waals surface area contributed by atoms with E-state index in [1.807, 2.05) is 6.92 Å². The van der Waals surface area contributed by atoms with Gasteiger partial charge in [-0.1, -0.05) is 11.6 Å². The number of rotatable bonds is 5. The summed E-state index contributed by atoms with van der Waals surface area (Å²) in [7, 11) is 0. The zero-order chi connectivity index (χ0) is 13.4. The molecule has 1 aromatic rings. The highest BCUT2D eigenvalue weighted by atomic mass is 19.1. The molecule has 1 aromatic carbocycles. The van der Waals surface area contributed by atoms with Crippen LogP contribution in [-0.4, -0.2) is 12.5 Å². The van der Waals surface area contributed by atoms with Crippen molar-refractivity contribution < 1.29 is 9.18 Å². The number of halogens is 1. The second kappa shape index (κ2) is 4.95. The smallest absolute Gasteiger partial charge is 0.254 e. The fourth-order valence-electron chi connectivity index (χ4n) is 2.89. The Bertz CT molecular complexity index is 480. The summed E-state index contributed by atoms with van der Waals surface area (Å²) in [5, 5.41) is 2.93. The van der Waals surface area contributed by atoms with Gasteiger partial charge in [-0.25, -0.2) is 4.39 Å². The van der Waals surface area contributed by atoms with Crippen molar-refractivity contribution in [1.29, 1.82) is 0 Å². The van der Waals surface area contributed by atoms with E-state index in [1.54, 1.807) is 12.1 Å². The van der Waals surface area contributed by atoms with Gasteiger partial charge in [-0.05, 0) is 62.5 Å². The standard InChI is InChI=1S/C16H20FNO/c1-10-2-7-15(17)13(8-10)16(19)18-9-14(11-3-4-11)12-5-6-12/h2,7-8,11-12,14H,3-6,9H2,1H3,(H,18,19). The molecule has 0 spiro atoms. The molecule has 2 fully saturated rings. The van der Waals surface area contributed by atoms with Gasteiger partial charge in [0, 0.05) is 6.54 Å². The molecule has 102 valence electrons. The minimum absolute atomic E-state index is 0.172. The van der Waals surface area contributed by atoms with Gasteiger partial charge in [0.05, 0.1) is 5.56 Å². The van der Waals surface area contributed by atoms with Crippen molar-refractivity contribution in [2.45, 2.75) is 32.6 Å². The summed E-state index contributed by atoms with van der Waals surface area (Å²) < 4.78 is 13.6. The fourth-order valence-corrected chi connectivity index (χ4v) is 2.89. The summed E-state index contributed by atoms with van der Waals surface area (Å²) >= 11 is 0. The highest BCUT2D eigenvalue weighted by Gasteiger charge is 2.41. The lowest BCUT2D eigenvalue weighted by Gasteiger charge is -2.16. The van der Waals surface area contributed by atoms with Gasteiger partial charge in [-0.3, -0.25) is 4.79 Å². The Hall–Kier alpha value is -1.38. The molecule has 1 amide bonds. The van der Waals surface area contributed by atoms with E-state index in [4.69, 9.17) is 0 Å². The van der Waals surface area contributed by atoms with Crippen LogP contribution >= 0.6 is 0 Å². The number of hydrogen-bond donors (Lipinski definition) is 1.